The average Bonchev–Trinajstić information content (AvgIpc) is 2.67. The molecule has 0 bridgehead atoms. The van der Waals surface area contributed by atoms with Crippen LogP contribution in [0.4, 0.5) is 0 Å². The number of rotatable bonds is 3. The second-order valence-corrected chi connectivity index (χ2v) is 3.39. The molecule has 15 heavy (non-hydrogen) atoms. The summed E-state index contributed by atoms with van der Waals surface area (Å²) in [6.07, 6.45) is 0. The maximum atomic E-state index is 5.37. The van der Waals surface area contributed by atoms with Gasteiger partial charge in [0.05, 0.1) is 12.3 Å². The third-order valence-corrected chi connectivity index (χ3v) is 2.17. The van der Waals surface area contributed by atoms with Crippen LogP contribution >= 0.6 is 0 Å². The van der Waals surface area contributed by atoms with Crippen LogP contribution in [0.3, 0.4) is 0 Å². The molecule has 1 heterocycles. The molecule has 0 aliphatic heterocycles. The van der Waals surface area contributed by atoms with Crippen molar-refractivity contribution >= 4 is 0 Å². The summed E-state index contributed by atoms with van der Waals surface area (Å²) in [7, 11) is 0. The molecule has 0 saturated carbocycles. The number of benzene rings is 1. The van der Waals surface area contributed by atoms with Gasteiger partial charge in [-0.05, 0) is 44.2 Å². The largest absolute Gasteiger partial charge is 0.494 e. The lowest BCUT2D eigenvalue weighted by Gasteiger charge is -2.02. The summed E-state index contributed by atoms with van der Waals surface area (Å²) >= 11 is 0. The Labute approximate surface area is 89.1 Å². The second kappa shape index (κ2) is 4.17. The Morgan fingerprint density at radius 3 is 2.53 bits per heavy atom. The van der Waals surface area contributed by atoms with Gasteiger partial charge in [-0.25, -0.2) is 0 Å². The molecule has 3 nitrogen and oxygen atoms in total. The molecule has 78 valence electrons. The first kappa shape index (κ1) is 9.77. The summed E-state index contributed by atoms with van der Waals surface area (Å²) in [6.45, 7) is 4.66. The van der Waals surface area contributed by atoms with Gasteiger partial charge in [-0.15, -0.1) is 0 Å². The lowest BCUT2D eigenvalue weighted by Crippen LogP contribution is -1.90. The van der Waals surface area contributed by atoms with E-state index in [9.17, 15) is 0 Å². The van der Waals surface area contributed by atoms with Crippen LogP contribution in [-0.4, -0.2) is 16.8 Å². The van der Waals surface area contributed by atoms with E-state index in [1.807, 2.05) is 44.2 Å². The Morgan fingerprint density at radius 2 is 2.00 bits per heavy atom. The van der Waals surface area contributed by atoms with Gasteiger partial charge in [-0.1, -0.05) is 0 Å². The van der Waals surface area contributed by atoms with Gasteiger partial charge in [-0.3, -0.25) is 5.10 Å². The van der Waals surface area contributed by atoms with Crippen LogP contribution in [0.1, 0.15) is 12.6 Å². The minimum absolute atomic E-state index is 0.695. The van der Waals surface area contributed by atoms with Gasteiger partial charge in [-0.2, -0.15) is 5.10 Å². The molecule has 1 aromatic heterocycles. The fourth-order valence-corrected chi connectivity index (χ4v) is 1.45. The van der Waals surface area contributed by atoms with E-state index in [1.54, 1.807) is 0 Å². The third kappa shape index (κ3) is 2.18. The van der Waals surface area contributed by atoms with Crippen molar-refractivity contribution in [1.82, 2.24) is 10.2 Å². The number of hydrogen-bond acceptors (Lipinski definition) is 2. The minimum atomic E-state index is 0.695. The minimum Gasteiger partial charge on any atom is -0.494 e. The van der Waals surface area contributed by atoms with Crippen LogP contribution in [-0.2, 0) is 0 Å². The molecule has 0 radical (unpaired) electrons. The summed E-state index contributed by atoms with van der Waals surface area (Å²) in [5.41, 5.74) is 3.14. The third-order valence-electron chi connectivity index (χ3n) is 2.17. The van der Waals surface area contributed by atoms with Crippen molar-refractivity contribution in [3.63, 3.8) is 0 Å². The molecule has 1 N–H and O–H groups in total. The topological polar surface area (TPSA) is 37.9 Å². The van der Waals surface area contributed by atoms with E-state index in [-0.39, 0.29) is 0 Å². The van der Waals surface area contributed by atoms with Gasteiger partial charge in [0.1, 0.15) is 5.75 Å². The molecule has 0 aliphatic carbocycles. The standard InChI is InChI=1S/C12H14N2O/c1-3-15-11-6-4-10(5-7-11)12-8-9(2)13-14-12/h4-8H,3H2,1-2H3,(H,13,14). The molecule has 1 aromatic carbocycles. The number of H-pyrrole nitrogens is 1. The van der Waals surface area contributed by atoms with Gasteiger partial charge >= 0.3 is 0 Å². The predicted molar refractivity (Wildman–Crippen MR) is 59.9 cm³/mol. The van der Waals surface area contributed by atoms with Crippen molar-refractivity contribution in [2.45, 2.75) is 13.8 Å². The number of aromatic nitrogens is 2. The van der Waals surface area contributed by atoms with Crippen molar-refractivity contribution in [3.8, 4) is 17.0 Å². The highest BCUT2D eigenvalue weighted by Gasteiger charge is 2.01. The average molecular weight is 202 g/mol. The van der Waals surface area contributed by atoms with E-state index >= 15 is 0 Å². The fourth-order valence-electron chi connectivity index (χ4n) is 1.45. The maximum absolute atomic E-state index is 5.37. The predicted octanol–water partition coefficient (Wildman–Crippen LogP) is 2.78. The zero-order chi connectivity index (χ0) is 10.7. The highest BCUT2D eigenvalue weighted by atomic mass is 16.5. The molecular formula is C12H14N2O. The lowest BCUT2D eigenvalue weighted by atomic mass is 10.1. The van der Waals surface area contributed by atoms with Crippen LogP contribution in [0.5, 0.6) is 5.75 Å². The molecule has 0 atom stereocenters. The Hall–Kier alpha value is -1.77. The van der Waals surface area contributed by atoms with E-state index in [4.69, 9.17) is 4.74 Å². The van der Waals surface area contributed by atoms with Crippen molar-refractivity contribution in [2.75, 3.05) is 6.61 Å². The van der Waals surface area contributed by atoms with Crippen LogP contribution < -0.4 is 4.74 Å². The number of ether oxygens (including phenoxy) is 1. The van der Waals surface area contributed by atoms with Crippen molar-refractivity contribution < 1.29 is 4.74 Å². The van der Waals surface area contributed by atoms with Crippen molar-refractivity contribution in [1.29, 1.82) is 0 Å². The smallest absolute Gasteiger partial charge is 0.119 e. The quantitative estimate of drug-likeness (QED) is 0.831. The first-order valence-corrected chi connectivity index (χ1v) is 5.05. The SMILES string of the molecule is CCOc1ccc(-c2cc(C)[nH]n2)cc1. The molecular weight excluding hydrogens is 188 g/mol. The first-order chi connectivity index (χ1) is 7.29. The van der Waals surface area contributed by atoms with Gasteiger partial charge in [0, 0.05) is 11.3 Å². The first-order valence-electron chi connectivity index (χ1n) is 5.05. The van der Waals surface area contributed by atoms with E-state index in [1.165, 1.54) is 0 Å². The summed E-state index contributed by atoms with van der Waals surface area (Å²) in [5, 5.41) is 7.12. The van der Waals surface area contributed by atoms with Crippen LogP contribution in [0.15, 0.2) is 30.3 Å². The molecule has 0 amide bonds. The number of hydrogen-bond donors (Lipinski definition) is 1. The molecule has 2 aromatic rings. The monoisotopic (exact) mass is 202 g/mol. The molecule has 0 fully saturated rings. The Bertz CT molecular complexity index is 431. The highest BCUT2D eigenvalue weighted by molar-refractivity contribution is 5.60. The van der Waals surface area contributed by atoms with E-state index in [2.05, 4.69) is 10.2 Å². The molecule has 0 saturated heterocycles. The summed E-state index contributed by atoms with van der Waals surface area (Å²) in [5.74, 6) is 0.897. The number of aromatic amines is 1. The lowest BCUT2D eigenvalue weighted by molar-refractivity contribution is 0.340. The van der Waals surface area contributed by atoms with Gasteiger partial charge in [0.2, 0.25) is 0 Å². The Morgan fingerprint density at radius 1 is 1.27 bits per heavy atom. The van der Waals surface area contributed by atoms with E-state index in [0.29, 0.717) is 6.61 Å². The number of aryl methyl sites for hydroxylation is 1. The molecule has 3 heteroatoms. The second-order valence-electron chi connectivity index (χ2n) is 3.39. The molecule has 0 spiro atoms. The zero-order valence-corrected chi connectivity index (χ0v) is 8.95. The Kier molecular flexibility index (Phi) is 2.72. The van der Waals surface area contributed by atoms with Crippen molar-refractivity contribution in [2.24, 2.45) is 0 Å². The zero-order valence-electron chi connectivity index (χ0n) is 8.95. The Balaban J connectivity index is 2.23. The number of nitrogens with one attached hydrogen (secondary N) is 1. The summed E-state index contributed by atoms with van der Waals surface area (Å²) in [4.78, 5) is 0. The maximum Gasteiger partial charge on any atom is 0.119 e. The van der Waals surface area contributed by atoms with Crippen LogP contribution in [0.25, 0.3) is 11.3 Å². The van der Waals surface area contributed by atoms with E-state index < -0.39 is 0 Å². The van der Waals surface area contributed by atoms with Crippen molar-refractivity contribution in [3.05, 3.63) is 36.0 Å². The number of nitrogens with zero attached hydrogens (tertiary/aromatic N) is 1. The normalized spacial score (nSPS) is 10.3. The van der Waals surface area contributed by atoms with Gasteiger partial charge in [0.25, 0.3) is 0 Å². The fraction of sp³-hybridized carbons (Fsp3) is 0.250. The van der Waals surface area contributed by atoms with Gasteiger partial charge < -0.3 is 4.74 Å². The molecule has 0 unspecified atom stereocenters. The summed E-state index contributed by atoms with van der Waals surface area (Å²) < 4.78 is 5.37. The van der Waals surface area contributed by atoms with Crippen LogP contribution in [0, 0.1) is 6.92 Å². The highest BCUT2D eigenvalue weighted by Crippen LogP contribution is 2.20. The molecule has 2 rings (SSSR count). The molecule has 0 aliphatic rings. The van der Waals surface area contributed by atoms with Gasteiger partial charge in [0.15, 0.2) is 0 Å². The van der Waals surface area contributed by atoms with E-state index in [0.717, 1.165) is 22.7 Å². The summed E-state index contributed by atoms with van der Waals surface area (Å²) in [6, 6.07) is 9.97. The van der Waals surface area contributed by atoms with Crippen LogP contribution in [0.2, 0.25) is 0 Å².